The number of hydrogen-bond donors (Lipinski definition) is 2. The molecule has 0 unspecified atom stereocenters. The van der Waals surface area contributed by atoms with Gasteiger partial charge in [0.25, 0.3) is 0 Å². The average Bonchev–Trinajstić information content (AvgIpc) is 2.81. The second-order valence-electron chi connectivity index (χ2n) is 7.03. The highest BCUT2D eigenvalue weighted by Gasteiger charge is 2.34. The lowest BCUT2D eigenvalue weighted by atomic mass is 10.2. The van der Waals surface area contributed by atoms with Gasteiger partial charge in [-0.2, -0.15) is 13.2 Å². The molecule has 182 valence electrons. The Balaban J connectivity index is 0.000000214. The van der Waals surface area contributed by atoms with Crippen LogP contribution in [0.4, 0.5) is 13.2 Å². The average molecular weight is 521 g/mol. The van der Waals surface area contributed by atoms with E-state index in [0.29, 0.717) is 12.1 Å². The van der Waals surface area contributed by atoms with Crippen LogP contribution in [0.3, 0.4) is 0 Å². The highest BCUT2D eigenvalue weighted by Crippen LogP contribution is 2.37. The molecule has 0 aliphatic heterocycles. The predicted molar refractivity (Wildman–Crippen MR) is 124 cm³/mol. The van der Waals surface area contributed by atoms with E-state index in [9.17, 15) is 36.4 Å². The van der Waals surface area contributed by atoms with Crippen LogP contribution in [0.15, 0.2) is 123 Å². The molecule has 0 spiro atoms. The van der Waals surface area contributed by atoms with Crippen molar-refractivity contribution >= 4 is 21.0 Å². The SMILES string of the molecule is O=S(=O)([O-])c1ccccc1C(F)(F)F.Oc1ccc([S+](c2ccccc2)c2ccccc2)c(O)c1. The Morgan fingerprint density at radius 2 is 1.20 bits per heavy atom. The van der Waals surface area contributed by atoms with Crippen molar-refractivity contribution in [2.45, 2.75) is 25.8 Å². The number of benzene rings is 4. The number of hydrogen-bond acceptors (Lipinski definition) is 5. The second-order valence-corrected chi connectivity index (χ2v) is 10.4. The molecule has 0 saturated carbocycles. The molecule has 4 aromatic rings. The molecule has 4 aromatic carbocycles. The third kappa shape index (κ3) is 6.78. The van der Waals surface area contributed by atoms with Crippen LogP contribution in [0, 0.1) is 0 Å². The van der Waals surface area contributed by atoms with Gasteiger partial charge in [-0.3, -0.25) is 0 Å². The molecule has 0 saturated heterocycles. The molecule has 0 aliphatic rings. The highest BCUT2D eigenvalue weighted by molar-refractivity contribution is 7.97. The maximum atomic E-state index is 12.2. The smallest absolute Gasteiger partial charge is 0.417 e. The summed E-state index contributed by atoms with van der Waals surface area (Å²) in [4.78, 5) is 1.83. The Hall–Kier alpha value is -3.47. The first-order valence-electron chi connectivity index (χ1n) is 9.97. The van der Waals surface area contributed by atoms with E-state index in [-0.39, 0.29) is 11.5 Å². The van der Waals surface area contributed by atoms with Gasteiger partial charge in [0.05, 0.1) is 10.5 Å². The predicted octanol–water partition coefficient (Wildman–Crippen LogP) is 5.80. The lowest BCUT2D eigenvalue weighted by Crippen LogP contribution is -2.12. The minimum absolute atomic E-state index is 0.0703. The molecule has 0 bridgehead atoms. The zero-order valence-corrected chi connectivity index (χ0v) is 19.5. The Kier molecular flexibility index (Phi) is 8.11. The number of phenolic OH excluding ortho intramolecular Hbond substituents is 2. The Labute approximate surface area is 203 Å². The number of halogens is 3. The van der Waals surface area contributed by atoms with Gasteiger partial charge in [0.1, 0.15) is 26.8 Å². The molecule has 0 amide bonds. The van der Waals surface area contributed by atoms with E-state index in [0.717, 1.165) is 26.8 Å². The van der Waals surface area contributed by atoms with Gasteiger partial charge < -0.3 is 14.8 Å². The summed E-state index contributed by atoms with van der Waals surface area (Å²) >= 11 is 0. The van der Waals surface area contributed by atoms with Gasteiger partial charge in [-0.05, 0) is 42.5 Å². The lowest BCUT2D eigenvalue weighted by Gasteiger charge is -2.14. The van der Waals surface area contributed by atoms with E-state index < -0.39 is 37.6 Å². The quantitative estimate of drug-likeness (QED) is 0.262. The topological polar surface area (TPSA) is 97.7 Å². The molecule has 0 atom stereocenters. The van der Waals surface area contributed by atoms with Crippen molar-refractivity contribution in [1.29, 1.82) is 0 Å². The zero-order chi connectivity index (χ0) is 25.6. The van der Waals surface area contributed by atoms with Crippen molar-refractivity contribution in [3.63, 3.8) is 0 Å². The monoisotopic (exact) mass is 520 g/mol. The van der Waals surface area contributed by atoms with Gasteiger partial charge in [-0.15, -0.1) is 0 Å². The van der Waals surface area contributed by atoms with Crippen molar-refractivity contribution in [3.8, 4) is 11.5 Å². The van der Waals surface area contributed by atoms with Crippen LogP contribution in [-0.4, -0.2) is 23.2 Å². The van der Waals surface area contributed by atoms with Crippen LogP contribution in [0.25, 0.3) is 0 Å². The molecule has 4 rings (SSSR count). The first-order chi connectivity index (χ1) is 16.5. The summed E-state index contributed by atoms with van der Waals surface area (Å²) < 4.78 is 67.9. The molecule has 0 radical (unpaired) electrons. The van der Waals surface area contributed by atoms with Crippen LogP contribution in [0.1, 0.15) is 5.56 Å². The summed E-state index contributed by atoms with van der Waals surface area (Å²) in [6.45, 7) is 0. The van der Waals surface area contributed by atoms with Crippen molar-refractivity contribution in [2.24, 2.45) is 0 Å². The maximum absolute atomic E-state index is 12.2. The van der Waals surface area contributed by atoms with Gasteiger partial charge >= 0.3 is 6.18 Å². The molecule has 0 heterocycles. The Morgan fingerprint density at radius 3 is 1.63 bits per heavy atom. The van der Waals surface area contributed by atoms with Crippen LogP contribution < -0.4 is 0 Å². The normalized spacial score (nSPS) is 11.6. The fraction of sp³-hybridized carbons (Fsp3) is 0.0400. The van der Waals surface area contributed by atoms with Crippen molar-refractivity contribution in [1.82, 2.24) is 0 Å². The first kappa shape index (κ1) is 26.1. The number of phenols is 2. The fourth-order valence-corrected chi connectivity index (χ4v) is 5.91. The van der Waals surface area contributed by atoms with E-state index >= 15 is 0 Å². The summed E-state index contributed by atoms with van der Waals surface area (Å²) in [6, 6.07) is 28.2. The maximum Gasteiger partial charge on any atom is 0.417 e. The fourth-order valence-electron chi connectivity index (χ4n) is 3.10. The molecule has 0 fully saturated rings. The van der Waals surface area contributed by atoms with E-state index in [4.69, 9.17) is 0 Å². The standard InChI is InChI=1S/C18H14O2S.C7H5F3O3S/c19-14-11-12-18(17(20)13-14)21(15-7-3-1-4-8-15)16-9-5-2-6-10-16;8-7(9,10)5-3-1-2-4-6(5)14(11,12)13/h1-13H,(H-,19,20);1-4H,(H,11,12,13). The molecule has 0 aromatic heterocycles. The van der Waals surface area contributed by atoms with Gasteiger partial charge in [0, 0.05) is 12.1 Å². The van der Waals surface area contributed by atoms with E-state index in [2.05, 4.69) is 24.3 Å². The minimum atomic E-state index is -5.09. The molecule has 10 heteroatoms. The minimum Gasteiger partial charge on any atom is -0.744 e. The van der Waals surface area contributed by atoms with E-state index in [1.165, 1.54) is 6.07 Å². The van der Waals surface area contributed by atoms with E-state index in [1.807, 2.05) is 36.4 Å². The summed E-state index contributed by atoms with van der Waals surface area (Å²) in [7, 11) is -5.48. The first-order valence-corrected chi connectivity index (χ1v) is 12.6. The molecule has 2 N–H and O–H groups in total. The lowest BCUT2D eigenvalue weighted by molar-refractivity contribution is -0.140. The molecule has 5 nitrogen and oxygen atoms in total. The van der Waals surface area contributed by atoms with Gasteiger partial charge in [-0.1, -0.05) is 48.5 Å². The molecule has 35 heavy (non-hydrogen) atoms. The number of alkyl halides is 3. The molecule has 0 aliphatic carbocycles. The zero-order valence-electron chi connectivity index (χ0n) is 17.9. The second kappa shape index (κ2) is 10.9. The van der Waals surface area contributed by atoms with Crippen molar-refractivity contribution < 1.29 is 36.4 Å². The van der Waals surface area contributed by atoms with Crippen LogP contribution in [-0.2, 0) is 27.2 Å². The molecular weight excluding hydrogens is 501 g/mol. The summed E-state index contributed by atoms with van der Waals surface area (Å²) in [5.74, 6) is 0.187. The Bertz CT molecular complexity index is 1340. The third-order valence-electron chi connectivity index (χ3n) is 4.58. The summed E-state index contributed by atoms with van der Waals surface area (Å²) in [5.41, 5.74) is -1.44. The van der Waals surface area contributed by atoms with Gasteiger partial charge in [-0.25, -0.2) is 8.42 Å². The third-order valence-corrected chi connectivity index (χ3v) is 7.75. The summed E-state index contributed by atoms with van der Waals surface area (Å²) in [5, 5.41) is 19.7. The Morgan fingerprint density at radius 1 is 0.714 bits per heavy atom. The van der Waals surface area contributed by atoms with Crippen LogP contribution in [0.2, 0.25) is 0 Å². The molecular formula is C25H19F3O5S2. The van der Waals surface area contributed by atoms with Crippen LogP contribution >= 0.6 is 0 Å². The van der Waals surface area contributed by atoms with Gasteiger partial charge in [0.2, 0.25) is 4.90 Å². The van der Waals surface area contributed by atoms with E-state index in [1.54, 1.807) is 12.1 Å². The van der Waals surface area contributed by atoms with Crippen molar-refractivity contribution in [2.75, 3.05) is 0 Å². The number of aromatic hydroxyl groups is 2. The van der Waals surface area contributed by atoms with Crippen LogP contribution in [0.5, 0.6) is 11.5 Å². The summed E-state index contributed by atoms with van der Waals surface area (Å²) in [6.07, 6.45) is -4.84. The highest BCUT2D eigenvalue weighted by atomic mass is 32.2. The number of rotatable bonds is 4. The largest absolute Gasteiger partial charge is 0.744 e. The van der Waals surface area contributed by atoms with Crippen molar-refractivity contribution in [3.05, 3.63) is 109 Å². The van der Waals surface area contributed by atoms with Gasteiger partial charge in [0.15, 0.2) is 15.5 Å².